The molecule has 0 aliphatic carbocycles. The Labute approximate surface area is 115 Å². The Hall–Kier alpha value is -0.960. The molecule has 0 fully saturated rings. The van der Waals surface area contributed by atoms with Gasteiger partial charge in [0.15, 0.2) is 0 Å². The van der Waals surface area contributed by atoms with Gasteiger partial charge in [-0.1, -0.05) is 31.5 Å². The van der Waals surface area contributed by atoms with Crippen LogP contribution in [0.25, 0.3) is 0 Å². The Balaban J connectivity index is 2.25. The molecule has 3 heteroatoms. The second-order valence-electron chi connectivity index (χ2n) is 5.01. The third kappa shape index (κ3) is 5.58. The molecule has 1 N–H and O–H groups in total. The minimum atomic E-state index is 0.149. The first kappa shape index (κ1) is 15.1. The van der Waals surface area contributed by atoms with Gasteiger partial charge in [0.25, 0.3) is 0 Å². The summed E-state index contributed by atoms with van der Waals surface area (Å²) in [7, 11) is 0. The minimum Gasteiger partial charge on any atom is -0.353 e. The minimum absolute atomic E-state index is 0.149. The molecule has 1 amide bonds. The molecular weight excluding hydrogens is 242 g/mol. The molecule has 1 aromatic carbocycles. The predicted octanol–water partition coefficient (Wildman–Crippen LogP) is 3.64. The van der Waals surface area contributed by atoms with Gasteiger partial charge in [-0.15, -0.1) is 11.8 Å². The average molecular weight is 265 g/mol. The van der Waals surface area contributed by atoms with Gasteiger partial charge in [-0.25, -0.2) is 0 Å². The number of amides is 1. The highest BCUT2D eigenvalue weighted by Crippen LogP contribution is 2.18. The molecule has 0 aromatic heterocycles. The van der Waals surface area contributed by atoms with Gasteiger partial charge in [-0.3, -0.25) is 4.79 Å². The molecule has 0 heterocycles. The van der Waals surface area contributed by atoms with Crippen molar-refractivity contribution in [3.63, 3.8) is 0 Å². The van der Waals surface area contributed by atoms with Gasteiger partial charge < -0.3 is 5.32 Å². The van der Waals surface area contributed by atoms with Gasteiger partial charge in [0.1, 0.15) is 0 Å². The first-order valence-corrected chi connectivity index (χ1v) is 7.46. The molecule has 0 spiro atoms. The van der Waals surface area contributed by atoms with Gasteiger partial charge in [0, 0.05) is 23.1 Å². The molecule has 0 unspecified atom stereocenters. The quantitative estimate of drug-likeness (QED) is 0.796. The summed E-state index contributed by atoms with van der Waals surface area (Å²) in [5, 5.41) is 3.02. The van der Waals surface area contributed by atoms with Gasteiger partial charge in [-0.2, -0.15) is 0 Å². The van der Waals surface area contributed by atoms with E-state index >= 15 is 0 Å². The van der Waals surface area contributed by atoms with Crippen molar-refractivity contribution in [1.29, 1.82) is 0 Å². The summed E-state index contributed by atoms with van der Waals surface area (Å²) in [6, 6.07) is 8.66. The van der Waals surface area contributed by atoms with E-state index in [0.717, 1.165) is 5.75 Å². The molecule has 2 nitrogen and oxygen atoms in total. The number of hydrogen-bond acceptors (Lipinski definition) is 2. The lowest BCUT2D eigenvalue weighted by Gasteiger charge is -2.17. The monoisotopic (exact) mass is 265 g/mol. The summed E-state index contributed by atoms with van der Waals surface area (Å²) >= 11 is 1.73. The highest BCUT2D eigenvalue weighted by Gasteiger charge is 2.10. The summed E-state index contributed by atoms with van der Waals surface area (Å²) in [5.41, 5.74) is 1.27. The number of hydrogen-bond donors (Lipinski definition) is 1. The van der Waals surface area contributed by atoms with E-state index in [9.17, 15) is 4.79 Å². The van der Waals surface area contributed by atoms with E-state index in [1.807, 2.05) is 0 Å². The lowest BCUT2D eigenvalue weighted by molar-refractivity contribution is -0.121. The molecule has 1 aromatic rings. The molecule has 0 bridgehead atoms. The standard InChI is InChI=1S/C15H23NOS/c1-11(2)13(4)16-15(17)9-10-18-14-7-5-12(3)6-8-14/h5-8,11,13H,9-10H2,1-4H3,(H,16,17)/t13-/m0/s1. The Morgan fingerprint density at radius 3 is 2.39 bits per heavy atom. The Morgan fingerprint density at radius 2 is 1.83 bits per heavy atom. The molecule has 0 saturated carbocycles. The molecular formula is C15H23NOS. The van der Waals surface area contributed by atoms with Crippen molar-refractivity contribution < 1.29 is 4.79 Å². The number of carbonyl (C=O) groups is 1. The maximum Gasteiger partial charge on any atom is 0.221 e. The summed E-state index contributed by atoms with van der Waals surface area (Å²) in [5.74, 6) is 1.47. The predicted molar refractivity (Wildman–Crippen MR) is 79.0 cm³/mol. The van der Waals surface area contributed by atoms with Crippen LogP contribution in [0.2, 0.25) is 0 Å². The van der Waals surface area contributed by atoms with E-state index in [-0.39, 0.29) is 11.9 Å². The topological polar surface area (TPSA) is 29.1 Å². The molecule has 0 saturated heterocycles. The van der Waals surface area contributed by atoms with Crippen molar-refractivity contribution in [2.24, 2.45) is 5.92 Å². The van der Waals surface area contributed by atoms with Crippen LogP contribution in [-0.4, -0.2) is 17.7 Å². The van der Waals surface area contributed by atoms with E-state index in [2.05, 4.69) is 57.3 Å². The van der Waals surface area contributed by atoms with Crippen LogP contribution in [0.1, 0.15) is 32.8 Å². The first-order valence-electron chi connectivity index (χ1n) is 6.48. The normalized spacial score (nSPS) is 12.5. The summed E-state index contributed by atoms with van der Waals surface area (Å²) in [6.07, 6.45) is 0.579. The fraction of sp³-hybridized carbons (Fsp3) is 0.533. The maximum absolute atomic E-state index is 11.7. The fourth-order valence-corrected chi connectivity index (χ4v) is 2.24. The molecule has 18 heavy (non-hydrogen) atoms. The summed E-state index contributed by atoms with van der Waals surface area (Å²) in [4.78, 5) is 12.9. The van der Waals surface area contributed by atoms with Gasteiger partial charge >= 0.3 is 0 Å². The van der Waals surface area contributed by atoms with Gasteiger partial charge in [0.2, 0.25) is 5.91 Å². The van der Waals surface area contributed by atoms with Crippen molar-refractivity contribution in [3.8, 4) is 0 Å². The van der Waals surface area contributed by atoms with E-state index < -0.39 is 0 Å². The summed E-state index contributed by atoms with van der Waals surface area (Å²) < 4.78 is 0. The Morgan fingerprint density at radius 1 is 1.22 bits per heavy atom. The van der Waals surface area contributed by atoms with E-state index in [1.165, 1.54) is 10.5 Å². The zero-order valence-corrected chi connectivity index (χ0v) is 12.5. The van der Waals surface area contributed by atoms with E-state index in [1.54, 1.807) is 11.8 Å². The summed E-state index contributed by atoms with van der Waals surface area (Å²) in [6.45, 7) is 8.36. The number of aryl methyl sites for hydroxylation is 1. The van der Waals surface area contributed by atoms with Crippen LogP contribution in [0, 0.1) is 12.8 Å². The second-order valence-corrected chi connectivity index (χ2v) is 6.18. The number of carbonyl (C=O) groups excluding carboxylic acids is 1. The van der Waals surface area contributed by atoms with Crippen LogP contribution in [-0.2, 0) is 4.79 Å². The van der Waals surface area contributed by atoms with Gasteiger partial charge in [0.05, 0.1) is 0 Å². The van der Waals surface area contributed by atoms with Crippen molar-refractivity contribution in [1.82, 2.24) is 5.32 Å². The van der Waals surface area contributed by atoms with Crippen LogP contribution in [0.4, 0.5) is 0 Å². The number of rotatable bonds is 6. The zero-order valence-electron chi connectivity index (χ0n) is 11.7. The zero-order chi connectivity index (χ0) is 13.5. The SMILES string of the molecule is Cc1ccc(SCCC(=O)N[C@@H](C)C(C)C)cc1. The van der Waals surface area contributed by atoms with Crippen LogP contribution in [0.15, 0.2) is 29.2 Å². The molecule has 0 aliphatic rings. The van der Waals surface area contributed by atoms with Gasteiger partial charge in [-0.05, 0) is 31.9 Å². The van der Waals surface area contributed by atoms with Crippen molar-refractivity contribution in [2.45, 2.75) is 45.1 Å². The number of benzene rings is 1. The van der Waals surface area contributed by atoms with Crippen LogP contribution < -0.4 is 5.32 Å². The number of thioether (sulfide) groups is 1. The highest BCUT2D eigenvalue weighted by atomic mass is 32.2. The highest BCUT2D eigenvalue weighted by molar-refractivity contribution is 7.99. The molecule has 0 aliphatic heterocycles. The van der Waals surface area contributed by atoms with Crippen molar-refractivity contribution >= 4 is 17.7 Å². The first-order chi connectivity index (χ1) is 8.49. The van der Waals surface area contributed by atoms with Crippen LogP contribution in [0.5, 0.6) is 0 Å². The fourth-order valence-electron chi connectivity index (χ4n) is 1.39. The van der Waals surface area contributed by atoms with E-state index in [4.69, 9.17) is 0 Å². The van der Waals surface area contributed by atoms with Crippen molar-refractivity contribution in [2.75, 3.05) is 5.75 Å². The average Bonchev–Trinajstić information content (AvgIpc) is 2.31. The van der Waals surface area contributed by atoms with Crippen molar-refractivity contribution in [3.05, 3.63) is 29.8 Å². The lowest BCUT2D eigenvalue weighted by Crippen LogP contribution is -2.36. The molecule has 0 radical (unpaired) electrons. The van der Waals surface area contributed by atoms with E-state index in [0.29, 0.717) is 12.3 Å². The molecule has 100 valence electrons. The third-order valence-corrected chi connectivity index (χ3v) is 4.02. The number of nitrogens with one attached hydrogen (secondary N) is 1. The Kier molecular flexibility index (Phi) is 6.27. The maximum atomic E-state index is 11.7. The smallest absolute Gasteiger partial charge is 0.221 e. The Bertz CT molecular complexity index is 373. The lowest BCUT2D eigenvalue weighted by atomic mass is 10.1. The van der Waals surface area contributed by atoms with Crippen LogP contribution >= 0.6 is 11.8 Å². The second kappa shape index (κ2) is 7.47. The molecule has 1 atom stereocenters. The molecule has 1 rings (SSSR count). The van der Waals surface area contributed by atoms with Crippen LogP contribution in [0.3, 0.4) is 0 Å². The largest absolute Gasteiger partial charge is 0.353 e. The third-order valence-electron chi connectivity index (χ3n) is 3.01.